The minimum Gasteiger partial charge on any atom is -0.475 e. The van der Waals surface area contributed by atoms with E-state index in [2.05, 4.69) is 20.2 Å². The van der Waals surface area contributed by atoms with Gasteiger partial charge >= 0.3 is 0 Å². The van der Waals surface area contributed by atoms with E-state index in [1.807, 2.05) is 6.07 Å². The van der Waals surface area contributed by atoms with Crippen molar-refractivity contribution in [3.63, 3.8) is 0 Å². The summed E-state index contributed by atoms with van der Waals surface area (Å²) in [6.45, 7) is 4.25. The third kappa shape index (κ3) is 4.88. The number of alkyl halides is 1. The fraction of sp³-hybridized carbons (Fsp3) is 0.474. The number of ether oxygens (including phenoxy) is 1. The molecule has 0 aliphatic carbocycles. The number of aryl methyl sites for hydroxylation is 1. The molecule has 140 valence electrons. The van der Waals surface area contributed by atoms with Crippen LogP contribution in [-0.4, -0.2) is 48.4 Å². The maximum atomic E-state index is 14.9. The normalized spacial score (nSPS) is 16.5. The zero-order chi connectivity index (χ0) is 18.4. The summed E-state index contributed by atoms with van der Waals surface area (Å²) >= 11 is 0. The summed E-state index contributed by atoms with van der Waals surface area (Å²) < 4.78 is 33.8. The number of nitrogens with zero attached hydrogens (tertiary/aromatic N) is 3. The van der Waals surface area contributed by atoms with Crippen LogP contribution in [0.2, 0.25) is 0 Å². The van der Waals surface area contributed by atoms with Crippen molar-refractivity contribution in [1.82, 2.24) is 15.3 Å². The smallest absolute Gasteiger partial charge is 0.232 e. The Morgan fingerprint density at radius 2 is 2.08 bits per heavy atom. The van der Waals surface area contributed by atoms with E-state index >= 15 is 0 Å². The molecule has 1 aliphatic heterocycles. The van der Waals surface area contributed by atoms with E-state index in [9.17, 15) is 8.78 Å². The summed E-state index contributed by atoms with van der Waals surface area (Å²) in [4.78, 5) is 10.0. The van der Waals surface area contributed by atoms with E-state index in [0.29, 0.717) is 57.1 Å². The minimum absolute atomic E-state index is 0.210. The van der Waals surface area contributed by atoms with Crippen LogP contribution < -0.4 is 15.0 Å². The number of piperidine rings is 1. The molecule has 0 unspecified atom stereocenters. The Bertz CT molecular complexity index is 706. The van der Waals surface area contributed by atoms with Crippen LogP contribution in [0.4, 0.5) is 14.5 Å². The summed E-state index contributed by atoms with van der Waals surface area (Å²) in [5.41, 5.74) is 0.346. The first kappa shape index (κ1) is 18.5. The van der Waals surface area contributed by atoms with E-state index in [0.717, 1.165) is 5.69 Å². The van der Waals surface area contributed by atoms with Crippen LogP contribution >= 0.6 is 0 Å². The van der Waals surface area contributed by atoms with E-state index in [1.54, 1.807) is 31.6 Å². The van der Waals surface area contributed by atoms with Gasteiger partial charge in [0, 0.05) is 57.1 Å². The highest BCUT2D eigenvalue weighted by molar-refractivity contribution is 5.49. The number of anilines is 1. The number of aromatic nitrogens is 2. The number of benzene rings is 1. The van der Waals surface area contributed by atoms with Gasteiger partial charge in [-0.25, -0.2) is 13.8 Å². The molecule has 0 amide bonds. The van der Waals surface area contributed by atoms with Crippen LogP contribution in [0, 0.1) is 12.7 Å². The molecule has 26 heavy (non-hydrogen) atoms. The first-order chi connectivity index (χ1) is 12.6. The molecule has 5 nitrogen and oxygen atoms in total. The molecular formula is C19H24F2N4O. The van der Waals surface area contributed by atoms with E-state index in [1.165, 1.54) is 6.07 Å². The van der Waals surface area contributed by atoms with Crippen LogP contribution in [0.5, 0.6) is 5.88 Å². The standard InChI is InChI=1S/C19H24F2N4O/c1-15-12-16(2-3-17(15)20)25-9-4-19(21,5-10-25)14-23-8-11-26-18-13-22-6-7-24-18/h2-3,6-7,12-13,23H,4-5,8-11,14H2,1H3. The average molecular weight is 362 g/mol. The van der Waals surface area contributed by atoms with Gasteiger partial charge in [-0.15, -0.1) is 0 Å². The third-order valence-electron chi connectivity index (χ3n) is 4.68. The second-order valence-corrected chi connectivity index (χ2v) is 6.64. The van der Waals surface area contributed by atoms with Crippen molar-refractivity contribution >= 4 is 5.69 Å². The maximum absolute atomic E-state index is 14.9. The first-order valence-electron chi connectivity index (χ1n) is 8.85. The van der Waals surface area contributed by atoms with Crippen LogP contribution in [0.1, 0.15) is 18.4 Å². The van der Waals surface area contributed by atoms with Gasteiger partial charge in [-0.2, -0.15) is 0 Å². The van der Waals surface area contributed by atoms with Crippen molar-refractivity contribution in [3.05, 3.63) is 48.2 Å². The monoisotopic (exact) mass is 362 g/mol. The van der Waals surface area contributed by atoms with Crippen molar-refractivity contribution in [2.75, 3.05) is 37.7 Å². The molecule has 0 spiro atoms. The number of hydrogen-bond donors (Lipinski definition) is 1. The first-order valence-corrected chi connectivity index (χ1v) is 8.85. The molecule has 0 saturated carbocycles. The summed E-state index contributed by atoms with van der Waals surface area (Å²) in [5, 5.41) is 3.12. The second kappa shape index (κ2) is 8.40. The van der Waals surface area contributed by atoms with E-state index in [-0.39, 0.29) is 5.82 Å². The Kier molecular flexibility index (Phi) is 5.98. The largest absolute Gasteiger partial charge is 0.475 e. The molecule has 1 aromatic carbocycles. The zero-order valence-corrected chi connectivity index (χ0v) is 14.9. The number of hydrogen-bond acceptors (Lipinski definition) is 5. The molecule has 7 heteroatoms. The van der Waals surface area contributed by atoms with Crippen LogP contribution in [0.25, 0.3) is 0 Å². The number of rotatable bonds is 7. The van der Waals surface area contributed by atoms with Gasteiger partial charge in [-0.1, -0.05) is 0 Å². The lowest BCUT2D eigenvalue weighted by Gasteiger charge is -2.38. The zero-order valence-electron chi connectivity index (χ0n) is 14.9. The van der Waals surface area contributed by atoms with Crippen LogP contribution in [0.15, 0.2) is 36.8 Å². The molecule has 0 bridgehead atoms. The topological polar surface area (TPSA) is 50.3 Å². The predicted octanol–water partition coefficient (Wildman–Crippen LogP) is 2.90. The Balaban J connectivity index is 1.39. The molecule has 1 aromatic heterocycles. The highest BCUT2D eigenvalue weighted by atomic mass is 19.1. The Morgan fingerprint density at radius 3 is 2.77 bits per heavy atom. The van der Waals surface area contributed by atoms with Crippen molar-refractivity contribution < 1.29 is 13.5 Å². The van der Waals surface area contributed by atoms with Gasteiger partial charge in [0.05, 0.1) is 6.20 Å². The summed E-state index contributed by atoms with van der Waals surface area (Å²) in [7, 11) is 0. The molecule has 1 fully saturated rings. The van der Waals surface area contributed by atoms with Crippen LogP contribution in [-0.2, 0) is 0 Å². The quantitative estimate of drug-likeness (QED) is 0.768. The lowest BCUT2D eigenvalue weighted by Crippen LogP contribution is -2.47. The molecule has 0 atom stereocenters. The van der Waals surface area contributed by atoms with Gasteiger partial charge in [0.15, 0.2) is 0 Å². The molecule has 1 aliphatic rings. The number of nitrogens with one attached hydrogen (secondary N) is 1. The molecule has 1 saturated heterocycles. The molecular weight excluding hydrogens is 338 g/mol. The Hall–Kier alpha value is -2.28. The molecule has 2 aromatic rings. The van der Waals surface area contributed by atoms with Gasteiger partial charge < -0.3 is 15.0 Å². The fourth-order valence-electron chi connectivity index (χ4n) is 3.07. The SMILES string of the molecule is Cc1cc(N2CCC(F)(CNCCOc3cnccn3)CC2)ccc1F. The third-order valence-corrected chi connectivity index (χ3v) is 4.68. The molecule has 2 heterocycles. The fourth-order valence-corrected chi connectivity index (χ4v) is 3.07. The Morgan fingerprint density at radius 1 is 1.27 bits per heavy atom. The van der Waals surface area contributed by atoms with Crippen molar-refractivity contribution in [3.8, 4) is 5.88 Å². The van der Waals surface area contributed by atoms with Gasteiger partial charge in [-0.05, 0) is 30.7 Å². The van der Waals surface area contributed by atoms with Crippen molar-refractivity contribution in [2.24, 2.45) is 0 Å². The summed E-state index contributed by atoms with van der Waals surface area (Å²) in [5.74, 6) is 0.255. The molecule has 1 N–H and O–H groups in total. The van der Waals surface area contributed by atoms with Gasteiger partial charge in [-0.3, -0.25) is 4.98 Å². The van der Waals surface area contributed by atoms with Gasteiger partial charge in [0.1, 0.15) is 18.1 Å². The second-order valence-electron chi connectivity index (χ2n) is 6.64. The van der Waals surface area contributed by atoms with Crippen molar-refractivity contribution in [2.45, 2.75) is 25.4 Å². The van der Waals surface area contributed by atoms with Crippen LogP contribution in [0.3, 0.4) is 0 Å². The van der Waals surface area contributed by atoms with E-state index < -0.39 is 5.67 Å². The van der Waals surface area contributed by atoms with Gasteiger partial charge in [0.25, 0.3) is 0 Å². The lowest BCUT2D eigenvalue weighted by molar-refractivity contribution is 0.121. The summed E-state index contributed by atoms with van der Waals surface area (Å²) in [6.07, 6.45) is 5.58. The highest BCUT2D eigenvalue weighted by Crippen LogP contribution is 2.29. The molecule has 0 radical (unpaired) electrons. The molecule has 3 rings (SSSR count). The van der Waals surface area contributed by atoms with Gasteiger partial charge in [0.2, 0.25) is 5.88 Å². The highest BCUT2D eigenvalue weighted by Gasteiger charge is 2.34. The lowest BCUT2D eigenvalue weighted by atomic mass is 9.92. The Labute approximate surface area is 152 Å². The van der Waals surface area contributed by atoms with Crippen molar-refractivity contribution in [1.29, 1.82) is 0 Å². The predicted molar refractivity (Wildman–Crippen MR) is 96.8 cm³/mol. The van der Waals surface area contributed by atoms with E-state index in [4.69, 9.17) is 4.74 Å². The maximum Gasteiger partial charge on any atom is 0.232 e. The summed E-state index contributed by atoms with van der Waals surface area (Å²) in [6, 6.07) is 5.05. The number of halogens is 2. The minimum atomic E-state index is -1.22. The average Bonchev–Trinajstić information content (AvgIpc) is 2.65.